The highest BCUT2D eigenvalue weighted by molar-refractivity contribution is 7.89. The number of aryl methyl sites for hydroxylation is 1. The summed E-state index contributed by atoms with van der Waals surface area (Å²) in [6.07, 6.45) is 0.740. The predicted octanol–water partition coefficient (Wildman–Crippen LogP) is 2.47. The second-order valence-electron chi connectivity index (χ2n) is 6.24. The molecule has 0 fully saturated rings. The fraction of sp³-hybridized carbons (Fsp3) is 0.263. The van der Waals surface area contributed by atoms with Crippen molar-refractivity contribution in [1.29, 1.82) is 0 Å². The molecule has 0 saturated carbocycles. The van der Waals surface area contributed by atoms with Gasteiger partial charge in [0.2, 0.25) is 21.8 Å². The first-order valence-electron chi connectivity index (χ1n) is 8.37. The van der Waals surface area contributed by atoms with Gasteiger partial charge in [-0.2, -0.15) is 0 Å². The summed E-state index contributed by atoms with van der Waals surface area (Å²) in [5.41, 5.74) is 2.08. The minimum absolute atomic E-state index is 0.167. The molecule has 2 amide bonds. The standard InChI is InChI=1S/C19H23N3O4S/c1-14(23)20-16-5-4-6-17(13-16)21-19(24)12-9-15-7-10-18(11-8-15)27(25,26)22(2)3/h4-8,10-11,13H,9,12H2,1-3H3,(H,20,23)(H,21,24). The summed E-state index contributed by atoms with van der Waals surface area (Å²) in [5.74, 6) is -0.349. The Morgan fingerprint density at radius 3 is 2.11 bits per heavy atom. The number of rotatable bonds is 7. The third kappa shape index (κ3) is 5.90. The minimum Gasteiger partial charge on any atom is -0.326 e. The number of benzene rings is 2. The fourth-order valence-corrected chi connectivity index (χ4v) is 3.30. The SMILES string of the molecule is CC(=O)Nc1cccc(NC(=O)CCc2ccc(S(=O)(=O)N(C)C)cc2)c1. The van der Waals surface area contributed by atoms with E-state index in [1.54, 1.807) is 48.5 Å². The number of hydrogen-bond acceptors (Lipinski definition) is 4. The van der Waals surface area contributed by atoms with E-state index in [0.717, 1.165) is 9.87 Å². The number of carbonyl (C=O) groups is 2. The van der Waals surface area contributed by atoms with Gasteiger partial charge in [0.1, 0.15) is 0 Å². The van der Waals surface area contributed by atoms with Crippen LogP contribution in [0, 0.1) is 0 Å². The Labute approximate surface area is 159 Å². The average Bonchev–Trinajstić information content (AvgIpc) is 2.60. The molecule has 0 radical (unpaired) electrons. The zero-order valence-corrected chi connectivity index (χ0v) is 16.3. The van der Waals surface area contributed by atoms with Crippen molar-refractivity contribution in [2.75, 3.05) is 24.7 Å². The molecule has 8 heteroatoms. The van der Waals surface area contributed by atoms with Crippen LogP contribution in [0.1, 0.15) is 18.9 Å². The van der Waals surface area contributed by atoms with Crippen molar-refractivity contribution in [2.45, 2.75) is 24.7 Å². The van der Waals surface area contributed by atoms with E-state index in [2.05, 4.69) is 10.6 Å². The molecule has 2 N–H and O–H groups in total. The summed E-state index contributed by atoms with van der Waals surface area (Å²) in [5, 5.41) is 5.44. The summed E-state index contributed by atoms with van der Waals surface area (Å²) in [4.78, 5) is 23.4. The molecule has 27 heavy (non-hydrogen) atoms. The quantitative estimate of drug-likeness (QED) is 0.760. The van der Waals surface area contributed by atoms with Crippen LogP contribution in [0.5, 0.6) is 0 Å². The molecule has 0 aliphatic rings. The second kappa shape index (κ2) is 8.79. The molecule has 0 atom stereocenters. The van der Waals surface area contributed by atoms with Gasteiger partial charge in [0.25, 0.3) is 0 Å². The van der Waals surface area contributed by atoms with E-state index < -0.39 is 10.0 Å². The maximum absolute atomic E-state index is 12.1. The molecule has 2 rings (SSSR count). The summed E-state index contributed by atoms with van der Waals surface area (Å²) >= 11 is 0. The number of nitrogens with zero attached hydrogens (tertiary/aromatic N) is 1. The van der Waals surface area contributed by atoms with Crippen molar-refractivity contribution >= 4 is 33.2 Å². The van der Waals surface area contributed by atoms with E-state index in [-0.39, 0.29) is 23.1 Å². The average molecular weight is 389 g/mol. The molecular formula is C19H23N3O4S. The number of nitrogens with one attached hydrogen (secondary N) is 2. The predicted molar refractivity (Wildman–Crippen MR) is 105 cm³/mol. The van der Waals surface area contributed by atoms with Crippen LogP contribution >= 0.6 is 0 Å². The Morgan fingerprint density at radius 2 is 1.56 bits per heavy atom. The van der Waals surface area contributed by atoms with Crippen LogP contribution in [0.2, 0.25) is 0 Å². The van der Waals surface area contributed by atoms with Crippen molar-refractivity contribution in [2.24, 2.45) is 0 Å². The first-order valence-corrected chi connectivity index (χ1v) is 9.81. The molecule has 0 bridgehead atoms. The van der Waals surface area contributed by atoms with E-state index in [4.69, 9.17) is 0 Å². The minimum atomic E-state index is -3.45. The summed E-state index contributed by atoms with van der Waals surface area (Å²) in [6.45, 7) is 1.42. The normalized spacial score (nSPS) is 11.3. The van der Waals surface area contributed by atoms with E-state index >= 15 is 0 Å². The Morgan fingerprint density at radius 1 is 0.963 bits per heavy atom. The van der Waals surface area contributed by atoms with Crippen molar-refractivity contribution in [3.8, 4) is 0 Å². The number of carbonyl (C=O) groups excluding carboxylic acids is 2. The lowest BCUT2D eigenvalue weighted by Crippen LogP contribution is -2.22. The highest BCUT2D eigenvalue weighted by Crippen LogP contribution is 2.17. The van der Waals surface area contributed by atoms with Crippen LogP contribution in [0.25, 0.3) is 0 Å². The van der Waals surface area contributed by atoms with Gasteiger partial charge in [-0.1, -0.05) is 18.2 Å². The lowest BCUT2D eigenvalue weighted by Gasteiger charge is -2.11. The van der Waals surface area contributed by atoms with Gasteiger partial charge >= 0.3 is 0 Å². The van der Waals surface area contributed by atoms with Crippen LogP contribution in [0.3, 0.4) is 0 Å². The van der Waals surface area contributed by atoms with Crippen molar-refractivity contribution in [1.82, 2.24) is 4.31 Å². The number of sulfonamides is 1. The molecule has 0 aliphatic carbocycles. The molecule has 2 aromatic carbocycles. The van der Waals surface area contributed by atoms with Gasteiger partial charge in [0, 0.05) is 38.8 Å². The van der Waals surface area contributed by atoms with Gasteiger partial charge in [-0.05, 0) is 42.3 Å². The van der Waals surface area contributed by atoms with Gasteiger partial charge in [0.15, 0.2) is 0 Å². The van der Waals surface area contributed by atoms with Crippen LogP contribution in [-0.2, 0) is 26.0 Å². The molecule has 2 aromatic rings. The van der Waals surface area contributed by atoms with Gasteiger partial charge in [-0.25, -0.2) is 12.7 Å². The van der Waals surface area contributed by atoms with Crippen molar-refractivity contribution in [3.05, 3.63) is 54.1 Å². The molecule has 0 heterocycles. The molecule has 144 valence electrons. The van der Waals surface area contributed by atoms with Crippen molar-refractivity contribution < 1.29 is 18.0 Å². The number of anilines is 2. The highest BCUT2D eigenvalue weighted by atomic mass is 32.2. The van der Waals surface area contributed by atoms with Crippen LogP contribution < -0.4 is 10.6 Å². The molecule has 0 spiro atoms. The molecule has 0 aliphatic heterocycles. The van der Waals surface area contributed by atoms with Crippen LogP contribution in [0.15, 0.2) is 53.4 Å². The zero-order chi connectivity index (χ0) is 20.0. The molecule has 0 aromatic heterocycles. The fourth-order valence-electron chi connectivity index (χ4n) is 2.40. The molecular weight excluding hydrogens is 366 g/mol. The molecule has 0 unspecified atom stereocenters. The Balaban J connectivity index is 1.93. The molecule has 0 saturated heterocycles. The number of amides is 2. The summed E-state index contributed by atoms with van der Waals surface area (Å²) < 4.78 is 25.2. The lowest BCUT2D eigenvalue weighted by molar-refractivity contribution is -0.116. The Hall–Kier alpha value is -2.71. The molecule has 7 nitrogen and oxygen atoms in total. The summed E-state index contributed by atoms with van der Waals surface area (Å²) in [7, 11) is -0.493. The third-order valence-electron chi connectivity index (χ3n) is 3.81. The van der Waals surface area contributed by atoms with E-state index in [1.165, 1.54) is 21.0 Å². The highest BCUT2D eigenvalue weighted by Gasteiger charge is 2.16. The second-order valence-corrected chi connectivity index (χ2v) is 8.39. The van der Waals surface area contributed by atoms with E-state index in [9.17, 15) is 18.0 Å². The van der Waals surface area contributed by atoms with E-state index in [0.29, 0.717) is 17.8 Å². The maximum Gasteiger partial charge on any atom is 0.242 e. The van der Waals surface area contributed by atoms with Gasteiger partial charge in [-0.3, -0.25) is 9.59 Å². The summed E-state index contributed by atoms with van der Waals surface area (Å²) in [6, 6.07) is 13.4. The van der Waals surface area contributed by atoms with Gasteiger partial charge in [0.05, 0.1) is 4.90 Å². The Kier molecular flexibility index (Phi) is 6.70. The largest absolute Gasteiger partial charge is 0.326 e. The van der Waals surface area contributed by atoms with Gasteiger partial charge < -0.3 is 10.6 Å². The first-order chi connectivity index (χ1) is 12.7. The first kappa shape index (κ1) is 20.6. The Bertz CT molecular complexity index is 922. The van der Waals surface area contributed by atoms with Crippen molar-refractivity contribution in [3.63, 3.8) is 0 Å². The zero-order valence-electron chi connectivity index (χ0n) is 15.5. The topological polar surface area (TPSA) is 95.6 Å². The van der Waals surface area contributed by atoms with Gasteiger partial charge in [-0.15, -0.1) is 0 Å². The lowest BCUT2D eigenvalue weighted by atomic mass is 10.1. The monoisotopic (exact) mass is 389 g/mol. The van der Waals surface area contributed by atoms with E-state index in [1.807, 2.05) is 0 Å². The van der Waals surface area contributed by atoms with Crippen LogP contribution in [-0.4, -0.2) is 38.6 Å². The number of hydrogen-bond donors (Lipinski definition) is 2. The third-order valence-corrected chi connectivity index (χ3v) is 5.64. The van der Waals surface area contributed by atoms with Crippen LogP contribution in [0.4, 0.5) is 11.4 Å². The smallest absolute Gasteiger partial charge is 0.242 e. The maximum atomic E-state index is 12.1.